The van der Waals surface area contributed by atoms with E-state index in [1.807, 2.05) is 0 Å². The molecule has 1 amide bonds. The lowest BCUT2D eigenvalue weighted by atomic mass is 10.0. The molecular weight excluding hydrogens is 440 g/mol. The molecule has 0 N–H and O–H groups in total. The summed E-state index contributed by atoms with van der Waals surface area (Å²) in [6, 6.07) is 4.30. The average molecular weight is 455 g/mol. The van der Waals surface area contributed by atoms with Crippen molar-refractivity contribution in [2.45, 2.75) is 12.4 Å². The summed E-state index contributed by atoms with van der Waals surface area (Å²) in [7, 11) is 3.03. The van der Waals surface area contributed by atoms with Crippen LogP contribution in [0.25, 0.3) is 23.2 Å². The number of likely N-dealkylation sites (N-methyl/N-ethyl adjacent to an activating group) is 1. The van der Waals surface area contributed by atoms with Crippen molar-refractivity contribution in [2.75, 3.05) is 14.1 Å². The molecule has 2 aromatic heterocycles. The van der Waals surface area contributed by atoms with Crippen molar-refractivity contribution >= 4 is 17.7 Å². The Labute approximate surface area is 177 Å². The van der Waals surface area contributed by atoms with Gasteiger partial charge in [-0.1, -0.05) is 6.07 Å². The molecular formula is C20H15F6N5O. The van der Waals surface area contributed by atoms with Gasteiger partial charge in [-0.2, -0.15) is 26.3 Å². The average Bonchev–Trinajstić information content (AvgIpc) is 3.19. The van der Waals surface area contributed by atoms with Crippen molar-refractivity contribution in [2.24, 2.45) is 0 Å². The second-order valence-electron chi connectivity index (χ2n) is 6.83. The van der Waals surface area contributed by atoms with Crippen LogP contribution in [0, 0.1) is 0 Å². The molecule has 6 nitrogen and oxygen atoms in total. The van der Waals surface area contributed by atoms with Crippen molar-refractivity contribution in [1.82, 2.24) is 24.6 Å². The Morgan fingerprint density at radius 2 is 1.66 bits per heavy atom. The predicted octanol–water partition coefficient (Wildman–Crippen LogP) is 4.46. The Balaban J connectivity index is 2.08. The number of aromatic nitrogens is 4. The summed E-state index contributed by atoms with van der Waals surface area (Å²) >= 11 is 0. The zero-order valence-corrected chi connectivity index (χ0v) is 16.6. The van der Waals surface area contributed by atoms with E-state index in [2.05, 4.69) is 15.1 Å². The van der Waals surface area contributed by atoms with Crippen molar-refractivity contribution in [3.63, 3.8) is 0 Å². The zero-order valence-electron chi connectivity index (χ0n) is 16.6. The van der Waals surface area contributed by atoms with E-state index in [1.54, 1.807) is 12.1 Å². The van der Waals surface area contributed by atoms with Gasteiger partial charge in [-0.15, -0.1) is 5.10 Å². The Hall–Kier alpha value is -3.70. The topological polar surface area (TPSA) is 63.9 Å². The second-order valence-corrected chi connectivity index (χ2v) is 6.83. The van der Waals surface area contributed by atoms with Crippen LogP contribution in [0.2, 0.25) is 0 Å². The molecule has 3 aromatic rings. The zero-order chi connectivity index (χ0) is 23.7. The number of carbonyl (C=O) groups is 1. The number of nitrogens with zero attached hydrogens (tertiary/aromatic N) is 5. The Morgan fingerprint density at radius 3 is 2.16 bits per heavy atom. The summed E-state index contributed by atoms with van der Waals surface area (Å²) in [5, 5.41) is 3.94. The van der Waals surface area contributed by atoms with E-state index in [0.717, 1.165) is 11.0 Å². The summed E-state index contributed by atoms with van der Waals surface area (Å²) < 4.78 is 79.7. The predicted molar refractivity (Wildman–Crippen MR) is 103 cm³/mol. The molecule has 0 bridgehead atoms. The third-order valence-electron chi connectivity index (χ3n) is 4.22. The molecule has 0 radical (unpaired) electrons. The minimum Gasteiger partial charge on any atom is -0.345 e. The normalized spacial score (nSPS) is 12.7. The van der Waals surface area contributed by atoms with Gasteiger partial charge < -0.3 is 4.90 Å². The van der Waals surface area contributed by atoms with Crippen LogP contribution in [0.4, 0.5) is 26.3 Å². The highest BCUT2D eigenvalue weighted by Crippen LogP contribution is 2.38. The van der Waals surface area contributed by atoms with Crippen LogP contribution < -0.4 is 0 Å². The minimum absolute atomic E-state index is 0.0245. The molecule has 0 aliphatic rings. The molecule has 0 saturated heterocycles. The third-order valence-corrected chi connectivity index (χ3v) is 4.22. The second kappa shape index (κ2) is 8.44. The minimum atomic E-state index is -5.00. The number of hydrogen-bond donors (Lipinski definition) is 0. The first-order valence-corrected chi connectivity index (χ1v) is 8.91. The van der Waals surface area contributed by atoms with Crippen LogP contribution in [-0.2, 0) is 17.1 Å². The van der Waals surface area contributed by atoms with E-state index in [9.17, 15) is 31.1 Å². The van der Waals surface area contributed by atoms with Gasteiger partial charge in [-0.05, 0) is 24.3 Å². The summed E-state index contributed by atoms with van der Waals surface area (Å²) in [6.07, 6.45) is -4.74. The van der Waals surface area contributed by atoms with Gasteiger partial charge >= 0.3 is 12.4 Å². The first-order chi connectivity index (χ1) is 14.9. The molecule has 32 heavy (non-hydrogen) atoms. The quantitative estimate of drug-likeness (QED) is 0.431. The van der Waals surface area contributed by atoms with Crippen LogP contribution in [0.15, 0.2) is 49.1 Å². The van der Waals surface area contributed by atoms with Gasteiger partial charge in [-0.25, -0.2) is 9.67 Å². The van der Waals surface area contributed by atoms with Crippen molar-refractivity contribution < 1.29 is 31.1 Å². The van der Waals surface area contributed by atoms with Gasteiger partial charge in [0.15, 0.2) is 5.82 Å². The van der Waals surface area contributed by atoms with E-state index >= 15 is 0 Å². The lowest BCUT2D eigenvalue weighted by molar-refractivity contribution is -0.143. The lowest BCUT2D eigenvalue weighted by Gasteiger charge is -2.13. The summed E-state index contributed by atoms with van der Waals surface area (Å²) in [5.74, 6) is -0.797. The monoisotopic (exact) mass is 455 g/mol. The lowest BCUT2D eigenvalue weighted by Crippen LogP contribution is -2.23. The maximum absolute atomic E-state index is 13.1. The molecule has 12 heteroatoms. The van der Waals surface area contributed by atoms with Crippen LogP contribution in [0.5, 0.6) is 0 Å². The molecule has 1 aromatic carbocycles. The van der Waals surface area contributed by atoms with E-state index in [0.29, 0.717) is 17.7 Å². The molecule has 0 spiro atoms. The maximum atomic E-state index is 13.1. The van der Waals surface area contributed by atoms with Crippen molar-refractivity contribution in [1.29, 1.82) is 0 Å². The first kappa shape index (κ1) is 23.0. The first-order valence-electron chi connectivity index (χ1n) is 8.91. The largest absolute Gasteiger partial charge is 0.416 e. The van der Waals surface area contributed by atoms with Gasteiger partial charge in [0.1, 0.15) is 6.33 Å². The number of halogens is 6. The van der Waals surface area contributed by atoms with E-state index in [-0.39, 0.29) is 17.5 Å². The molecule has 0 atom stereocenters. The van der Waals surface area contributed by atoms with Crippen LogP contribution in [0.3, 0.4) is 0 Å². The molecule has 0 aliphatic carbocycles. The van der Waals surface area contributed by atoms with Gasteiger partial charge in [0.25, 0.3) is 5.91 Å². The van der Waals surface area contributed by atoms with Gasteiger partial charge in [0.05, 0.1) is 16.7 Å². The SMILES string of the molecule is CN(C)C(=O)/C(=C/n1cnc(-c2cc(C(F)(F)F)cc(C(F)(F)F)c2)n1)c1cccnc1. The molecule has 0 saturated carbocycles. The Bertz CT molecular complexity index is 1120. The van der Waals surface area contributed by atoms with E-state index < -0.39 is 35.0 Å². The van der Waals surface area contributed by atoms with Crippen molar-refractivity contribution in [3.8, 4) is 11.4 Å². The fourth-order valence-electron chi connectivity index (χ4n) is 2.70. The number of amides is 1. The Morgan fingerprint density at radius 1 is 1.03 bits per heavy atom. The number of alkyl halides is 6. The van der Waals surface area contributed by atoms with Crippen molar-refractivity contribution in [3.05, 3.63) is 65.7 Å². The number of rotatable bonds is 4. The fraction of sp³-hybridized carbons (Fsp3) is 0.200. The van der Waals surface area contributed by atoms with Crippen LogP contribution >= 0.6 is 0 Å². The molecule has 168 valence electrons. The van der Waals surface area contributed by atoms with Gasteiger partial charge in [0, 0.05) is 43.8 Å². The van der Waals surface area contributed by atoms with Crippen LogP contribution in [0.1, 0.15) is 16.7 Å². The summed E-state index contributed by atoms with van der Waals surface area (Å²) in [5.41, 5.74) is -2.86. The number of pyridine rings is 1. The van der Waals surface area contributed by atoms with E-state index in [4.69, 9.17) is 0 Å². The van der Waals surface area contributed by atoms with Gasteiger partial charge in [0.2, 0.25) is 0 Å². The smallest absolute Gasteiger partial charge is 0.345 e. The molecule has 0 unspecified atom stereocenters. The standard InChI is InChI=1S/C20H15F6N5O/c1-30(2)18(32)16(12-4-3-5-27-9-12)10-31-11-28-17(29-31)13-6-14(19(21,22)23)8-15(7-13)20(24,25)26/h3-11H,1-2H3/b16-10+. The highest BCUT2D eigenvalue weighted by Gasteiger charge is 2.37. The third kappa shape index (κ3) is 5.13. The fourth-order valence-corrected chi connectivity index (χ4v) is 2.70. The molecule has 2 heterocycles. The summed E-state index contributed by atoms with van der Waals surface area (Å²) in [4.78, 5) is 21.6. The van der Waals surface area contributed by atoms with E-state index in [1.165, 1.54) is 37.6 Å². The number of carbonyl (C=O) groups excluding carboxylic acids is 1. The number of hydrogen-bond acceptors (Lipinski definition) is 4. The molecule has 0 aliphatic heterocycles. The molecule has 0 fully saturated rings. The van der Waals surface area contributed by atoms with Crippen LogP contribution in [-0.4, -0.2) is 44.7 Å². The van der Waals surface area contributed by atoms with Gasteiger partial charge in [-0.3, -0.25) is 9.78 Å². The highest BCUT2D eigenvalue weighted by atomic mass is 19.4. The Kier molecular flexibility index (Phi) is 6.06. The maximum Gasteiger partial charge on any atom is 0.416 e. The number of benzene rings is 1. The summed E-state index contributed by atoms with van der Waals surface area (Å²) in [6.45, 7) is 0. The molecule has 3 rings (SSSR count). The highest BCUT2D eigenvalue weighted by molar-refractivity contribution is 6.22.